The lowest BCUT2D eigenvalue weighted by molar-refractivity contribution is -0.127. The van der Waals surface area contributed by atoms with Crippen LogP contribution in [-0.2, 0) is 11.4 Å². The minimum absolute atomic E-state index is 0.119. The molecule has 0 atom stereocenters. The van der Waals surface area contributed by atoms with Crippen LogP contribution in [0.25, 0.3) is 5.65 Å². The molecule has 2 aromatic heterocycles. The molecule has 0 saturated carbocycles. The molecule has 0 fully saturated rings. The van der Waals surface area contributed by atoms with E-state index < -0.39 is 5.91 Å². The Labute approximate surface area is 103 Å². The maximum absolute atomic E-state index is 10.9. The van der Waals surface area contributed by atoms with E-state index in [0.717, 1.165) is 5.69 Å². The number of anilines is 1. The molecule has 0 spiro atoms. The van der Waals surface area contributed by atoms with Gasteiger partial charge in [-0.15, -0.1) is 0 Å². The fourth-order valence-corrected chi connectivity index (χ4v) is 1.82. The highest BCUT2D eigenvalue weighted by Crippen LogP contribution is 2.19. The van der Waals surface area contributed by atoms with Crippen LogP contribution in [0.2, 0.25) is 0 Å². The van der Waals surface area contributed by atoms with Crippen LogP contribution in [0.3, 0.4) is 0 Å². The maximum Gasteiger partial charge on any atom is 0.262 e. The zero-order valence-corrected chi connectivity index (χ0v) is 9.84. The summed E-state index contributed by atoms with van der Waals surface area (Å²) in [5.74, 6) is -0.150. The van der Waals surface area contributed by atoms with Crippen molar-refractivity contribution in [2.45, 2.75) is 13.5 Å². The molecule has 0 unspecified atom stereocenters. The number of aromatic nitrogens is 2. The van der Waals surface area contributed by atoms with Crippen molar-refractivity contribution >= 4 is 17.4 Å². The van der Waals surface area contributed by atoms with Crippen molar-refractivity contribution in [3.05, 3.63) is 29.6 Å². The van der Waals surface area contributed by atoms with Crippen molar-refractivity contribution in [3.8, 4) is 0 Å². The lowest BCUT2D eigenvalue weighted by Gasteiger charge is -2.05. The second-order valence-corrected chi connectivity index (χ2v) is 3.81. The van der Waals surface area contributed by atoms with Gasteiger partial charge in [-0.25, -0.2) is 10.5 Å². The van der Waals surface area contributed by atoms with Crippen LogP contribution in [0.15, 0.2) is 18.2 Å². The van der Waals surface area contributed by atoms with Gasteiger partial charge in [-0.3, -0.25) is 14.4 Å². The normalized spacial score (nSPS) is 10.6. The smallest absolute Gasteiger partial charge is 0.262 e. The Hall–Kier alpha value is -2.12. The largest absolute Gasteiger partial charge is 0.390 e. The van der Waals surface area contributed by atoms with Crippen molar-refractivity contribution < 1.29 is 15.1 Å². The third-order valence-corrected chi connectivity index (χ3v) is 2.63. The molecule has 0 aliphatic rings. The van der Waals surface area contributed by atoms with Crippen LogP contribution in [0.4, 0.5) is 5.82 Å². The number of aliphatic hydroxyl groups excluding tert-OH is 1. The van der Waals surface area contributed by atoms with Gasteiger partial charge in [0.25, 0.3) is 5.91 Å². The van der Waals surface area contributed by atoms with E-state index in [0.29, 0.717) is 17.2 Å². The van der Waals surface area contributed by atoms with Crippen LogP contribution in [0.5, 0.6) is 0 Å². The van der Waals surface area contributed by atoms with Gasteiger partial charge in [0.15, 0.2) is 5.82 Å². The summed E-state index contributed by atoms with van der Waals surface area (Å²) in [4.78, 5) is 15.2. The van der Waals surface area contributed by atoms with Gasteiger partial charge in [0, 0.05) is 5.69 Å². The van der Waals surface area contributed by atoms with Gasteiger partial charge in [0.1, 0.15) is 5.65 Å². The van der Waals surface area contributed by atoms with Gasteiger partial charge < -0.3 is 10.4 Å². The van der Waals surface area contributed by atoms with E-state index in [9.17, 15) is 9.90 Å². The van der Waals surface area contributed by atoms with Crippen LogP contribution < -0.4 is 10.8 Å². The monoisotopic (exact) mass is 250 g/mol. The summed E-state index contributed by atoms with van der Waals surface area (Å²) >= 11 is 0. The molecule has 96 valence electrons. The number of rotatable bonds is 4. The summed E-state index contributed by atoms with van der Waals surface area (Å²) in [6, 6.07) is 5.57. The zero-order chi connectivity index (χ0) is 13.1. The van der Waals surface area contributed by atoms with E-state index in [1.165, 1.54) is 5.48 Å². The first-order valence-electron chi connectivity index (χ1n) is 5.42. The number of amides is 1. The van der Waals surface area contributed by atoms with Crippen LogP contribution in [0, 0.1) is 6.92 Å². The number of pyridine rings is 1. The molecule has 18 heavy (non-hydrogen) atoms. The summed E-state index contributed by atoms with van der Waals surface area (Å²) in [6.45, 7) is 1.58. The maximum atomic E-state index is 10.9. The quantitative estimate of drug-likeness (QED) is 0.454. The number of carbonyl (C=O) groups is 1. The van der Waals surface area contributed by atoms with E-state index in [1.54, 1.807) is 4.40 Å². The Kier molecular flexibility index (Phi) is 3.45. The summed E-state index contributed by atoms with van der Waals surface area (Å²) in [6.07, 6.45) is 0. The van der Waals surface area contributed by atoms with Crippen molar-refractivity contribution in [1.82, 2.24) is 14.9 Å². The lowest BCUT2D eigenvalue weighted by atomic mass is 10.3. The molecule has 0 aromatic carbocycles. The molecule has 1 amide bonds. The molecule has 0 bridgehead atoms. The average Bonchev–Trinajstić information content (AvgIpc) is 2.74. The van der Waals surface area contributed by atoms with E-state index in [4.69, 9.17) is 5.21 Å². The first-order chi connectivity index (χ1) is 8.67. The zero-order valence-electron chi connectivity index (χ0n) is 9.84. The SMILES string of the molecule is Cc1cccc2nc(NCC(=O)NO)c(CO)n12. The van der Waals surface area contributed by atoms with Crippen molar-refractivity contribution in [2.24, 2.45) is 0 Å². The van der Waals surface area contributed by atoms with Crippen molar-refractivity contribution in [1.29, 1.82) is 0 Å². The van der Waals surface area contributed by atoms with Crippen LogP contribution >= 0.6 is 0 Å². The molecule has 7 heteroatoms. The molecule has 0 aliphatic heterocycles. The molecule has 0 radical (unpaired) electrons. The number of carbonyl (C=O) groups excluding carboxylic acids is 1. The van der Waals surface area contributed by atoms with E-state index in [-0.39, 0.29) is 13.2 Å². The molecule has 7 nitrogen and oxygen atoms in total. The predicted octanol–water partition coefficient (Wildman–Crippen LogP) is 0.0523. The van der Waals surface area contributed by atoms with Gasteiger partial charge >= 0.3 is 0 Å². The highest BCUT2D eigenvalue weighted by atomic mass is 16.5. The highest BCUT2D eigenvalue weighted by Gasteiger charge is 2.13. The number of aliphatic hydroxyl groups is 1. The minimum Gasteiger partial charge on any atom is -0.390 e. The number of nitrogens with one attached hydrogen (secondary N) is 2. The number of nitrogens with zero attached hydrogens (tertiary/aromatic N) is 2. The average molecular weight is 250 g/mol. The fraction of sp³-hybridized carbons (Fsp3) is 0.273. The Morgan fingerprint density at radius 1 is 1.50 bits per heavy atom. The molecule has 0 saturated heterocycles. The lowest BCUT2D eigenvalue weighted by Crippen LogP contribution is -2.27. The second kappa shape index (κ2) is 5.03. The molecule has 4 N–H and O–H groups in total. The summed E-state index contributed by atoms with van der Waals surface area (Å²) in [5.41, 5.74) is 3.72. The highest BCUT2D eigenvalue weighted by molar-refractivity contribution is 5.79. The van der Waals surface area contributed by atoms with Gasteiger partial charge in [-0.2, -0.15) is 0 Å². The predicted molar refractivity (Wildman–Crippen MR) is 64.3 cm³/mol. The van der Waals surface area contributed by atoms with E-state index in [2.05, 4.69) is 10.3 Å². The summed E-state index contributed by atoms with van der Waals surface area (Å²) in [5, 5.41) is 20.6. The molecule has 2 rings (SSSR count). The summed E-state index contributed by atoms with van der Waals surface area (Å²) in [7, 11) is 0. The first-order valence-corrected chi connectivity index (χ1v) is 5.42. The molecule has 0 aliphatic carbocycles. The van der Waals surface area contributed by atoms with Gasteiger partial charge in [0.05, 0.1) is 18.8 Å². The standard InChI is InChI=1S/C11H14N4O3/c1-7-3-2-4-9-13-11(8(6-16)15(7)9)12-5-10(17)14-18/h2-4,12,16,18H,5-6H2,1H3,(H,14,17). The van der Waals surface area contributed by atoms with Gasteiger partial charge in [-0.1, -0.05) is 6.07 Å². The molecular weight excluding hydrogens is 236 g/mol. The molecule has 2 heterocycles. The second-order valence-electron chi connectivity index (χ2n) is 3.81. The fourth-order valence-electron chi connectivity index (χ4n) is 1.82. The van der Waals surface area contributed by atoms with Crippen LogP contribution in [0.1, 0.15) is 11.4 Å². The minimum atomic E-state index is -0.576. The number of hydroxylamine groups is 1. The van der Waals surface area contributed by atoms with Crippen molar-refractivity contribution in [3.63, 3.8) is 0 Å². The van der Waals surface area contributed by atoms with Gasteiger partial charge in [0.2, 0.25) is 0 Å². The Bertz CT molecular complexity index is 579. The van der Waals surface area contributed by atoms with Gasteiger partial charge in [-0.05, 0) is 19.1 Å². The third kappa shape index (κ3) is 2.13. The third-order valence-electron chi connectivity index (χ3n) is 2.63. The number of hydrogen-bond acceptors (Lipinski definition) is 5. The van der Waals surface area contributed by atoms with E-state index >= 15 is 0 Å². The molecular formula is C11H14N4O3. The number of aryl methyl sites for hydroxylation is 1. The molecule has 2 aromatic rings. The number of fused-ring (bicyclic) bond motifs is 1. The summed E-state index contributed by atoms with van der Waals surface area (Å²) < 4.78 is 1.80. The Balaban J connectivity index is 2.38. The first kappa shape index (κ1) is 12.3. The topological polar surface area (TPSA) is 98.9 Å². The van der Waals surface area contributed by atoms with Crippen LogP contribution in [-0.4, -0.2) is 32.2 Å². The number of imidazole rings is 1. The van der Waals surface area contributed by atoms with Crippen molar-refractivity contribution in [2.75, 3.05) is 11.9 Å². The Morgan fingerprint density at radius 3 is 2.94 bits per heavy atom. The van der Waals surface area contributed by atoms with E-state index in [1.807, 2.05) is 25.1 Å². The Morgan fingerprint density at radius 2 is 2.28 bits per heavy atom. The number of hydrogen-bond donors (Lipinski definition) is 4.